The summed E-state index contributed by atoms with van der Waals surface area (Å²) >= 11 is 0. The molecule has 2 aromatic rings. The van der Waals surface area contributed by atoms with Crippen molar-refractivity contribution in [3.63, 3.8) is 0 Å². The van der Waals surface area contributed by atoms with E-state index in [0.717, 1.165) is 0 Å². The van der Waals surface area contributed by atoms with Crippen molar-refractivity contribution in [1.29, 1.82) is 0 Å². The van der Waals surface area contributed by atoms with Crippen LogP contribution in [-0.2, 0) is 40.2 Å². The number of aromatic hydroxyl groups is 1. The molecule has 0 spiro atoms. The molecule has 0 atom stereocenters. The Morgan fingerprint density at radius 2 is 1.89 bits per heavy atom. The van der Waals surface area contributed by atoms with E-state index in [4.69, 9.17) is 0 Å². The van der Waals surface area contributed by atoms with E-state index in [-0.39, 0.29) is 37.4 Å². The Kier molecular flexibility index (Phi) is 4.99. The van der Waals surface area contributed by atoms with Crippen LogP contribution < -0.4 is 0 Å². The SMILES string of the molecule is CN=Nc1c([S-](=O)=O)cc2ccccc2c1O.[Mo]. The summed E-state index contributed by atoms with van der Waals surface area (Å²) in [7, 11) is -1.06. The predicted octanol–water partition coefficient (Wildman–Crippen LogP) is 2.92. The van der Waals surface area contributed by atoms with Crippen molar-refractivity contribution in [2.45, 2.75) is 4.90 Å². The van der Waals surface area contributed by atoms with E-state index in [1.54, 1.807) is 24.3 Å². The van der Waals surface area contributed by atoms with Gasteiger partial charge in [0.25, 0.3) is 0 Å². The van der Waals surface area contributed by atoms with Crippen LogP contribution in [0.1, 0.15) is 0 Å². The van der Waals surface area contributed by atoms with Gasteiger partial charge in [-0.2, -0.15) is 10.2 Å². The maximum atomic E-state index is 11.1. The summed E-state index contributed by atoms with van der Waals surface area (Å²) in [5, 5.41) is 18.3. The fourth-order valence-corrected chi connectivity index (χ4v) is 2.13. The van der Waals surface area contributed by atoms with Gasteiger partial charge in [0.2, 0.25) is 0 Å². The zero-order chi connectivity index (χ0) is 12.4. The molecule has 0 saturated heterocycles. The molecule has 0 aromatic heterocycles. The van der Waals surface area contributed by atoms with Crippen LogP contribution in [-0.4, -0.2) is 12.2 Å². The molecule has 0 amide bonds. The summed E-state index contributed by atoms with van der Waals surface area (Å²) < 4.78 is 22.2. The molecule has 0 heterocycles. The number of hydrogen-bond donors (Lipinski definition) is 1. The molecule has 0 aliphatic heterocycles. The van der Waals surface area contributed by atoms with Gasteiger partial charge in [0.05, 0.1) is 0 Å². The first-order valence-electron chi connectivity index (χ1n) is 4.79. The standard InChI is InChI=1S/C11H9N2O3S.Mo/c1-12-13-10-9(17(15)16)6-7-4-2-3-5-8(7)11(10)14;/h2-6,14H,1H3;/q-1;. The average molecular weight is 345 g/mol. The van der Waals surface area contributed by atoms with E-state index in [1.165, 1.54) is 13.1 Å². The summed E-state index contributed by atoms with van der Waals surface area (Å²) in [6.45, 7) is 0. The molecule has 0 fully saturated rings. The molecule has 7 heteroatoms. The zero-order valence-corrected chi connectivity index (χ0v) is 12.2. The first kappa shape index (κ1) is 14.8. The molecule has 94 valence electrons. The quantitative estimate of drug-likeness (QED) is 0.516. The first-order valence-corrected chi connectivity index (χ1v) is 5.86. The first-order chi connectivity index (χ1) is 8.15. The number of azo groups is 1. The molecule has 0 unspecified atom stereocenters. The van der Waals surface area contributed by atoms with Gasteiger partial charge >= 0.3 is 0 Å². The van der Waals surface area contributed by atoms with Crippen molar-refractivity contribution in [3.05, 3.63) is 30.3 Å². The number of hydrogen-bond acceptors (Lipinski definition) is 6. The molecular weight excluding hydrogens is 336 g/mol. The van der Waals surface area contributed by atoms with Crippen LogP contribution in [0.4, 0.5) is 5.69 Å². The second kappa shape index (κ2) is 6.07. The fourth-order valence-electron chi connectivity index (χ4n) is 1.62. The topological polar surface area (TPSA) is 79.1 Å². The van der Waals surface area contributed by atoms with Crippen LogP contribution >= 0.6 is 0 Å². The average Bonchev–Trinajstić information content (AvgIpc) is 2.32. The van der Waals surface area contributed by atoms with Crippen LogP contribution in [0.25, 0.3) is 10.8 Å². The monoisotopic (exact) mass is 347 g/mol. The van der Waals surface area contributed by atoms with Crippen molar-refractivity contribution in [3.8, 4) is 5.75 Å². The van der Waals surface area contributed by atoms with Crippen molar-refractivity contribution < 1.29 is 34.6 Å². The van der Waals surface area contributed by atoms with Crippen LogP contribution in [0.2, 0.25) is 0 Å². The molecule has 0 aliphatic carbocycles. The minimum Gasteiger partial charge on any atom is -0.505 e. The molecule has 5 nitrogen and oxygen atoms in total. The molecule has 0 saturated carbocycles. The molecule has 1 N–H and O–H groups in total. The number of nitrogens with zero attached hydrogens (tertiary/aromatic N) is 2. The molecule has 2 rings (SSSR count). The Bertz CT molecular complexity index is 675. The number of benzene rings is 2. The van der Waals surface area contributed by atoms with Gasteiger partial charge in [-0.15, -0.1) is 0 Å². The maximum Gasteiger partial charge on any atom is 0.149 e. The van der Waals surface area contributed by atoms with Gasteiger partial charge in [-0.1, -0.05) is 30.3 Å². The third kappa shape index (κ3) is 2.60. The summed E-state index contributed by atoms with van der Waals surface area (Å²) in [5.41, 5.74) is -0.0282. The Morgan fingerprint density at radius 3 is 2.50 bits per heavy atom. The van der Waals surface area contributed by atoms with Gasteiger partial charge in [0, 0.05) is 33.5 Å². The minimum atomic E-state index is -2.47. The Labute approximate surface area is 120 Å². The van der Waals surface area contributed by atoms with E-state index in [9.17, 15) is 13.5 Å². The van der Waals surface area contributed by atoms with E-state index in [0.29, 0.717) is 10.8 Å². The second-order valence-electron chi connectivity index (χ2n) is 3.33. The van der Waals surface area contributed by atoms with E-state index in [2.05, 4.69) is 10.2 Å². The third-order valence-corrected chi connectivity index (χ3v) is 3.01. The van der Waals surface area contributed by atoms with E-state index in [1.807, 2.05) is 0 Å². The van der Waals surface area contributed by atoms with E-state index < -0.39 is 10.7 Å². The summed E-state index contributed by atoms with van der Waals surface area (Å²) in [6.07, 6.45) is 0. The van der Waals surface area contributed by atoms with Gasteiger partial charge < -0.3 is 13.5 Å². The van der Waals surface area contributed by atoms with E-state index >= 15 is 0 Å². The number of phenolic OH excluding ortho intramolecular Hbond substituents is 1. The number of fused-ring (bicyclic) bond motifs is 1. The van der Waals surface area contributed by atoms with Crippen molar-refractivity contribution >= 4 is 27.2 Å². The molecule has 0 radical (unpaired) electrons. The normalized spacial score (nSPS) is 11.0. The van der Waals surface area contributed by atoms with Crippen LogP contribution in [0, 0.1) is 0 Å². The predicted molar refractivity (Wildman–Crippen MR) is 63.1 cm³/mol. The maximum absolute atomic E-state index is 11.1. The Hall–Kier alpha value is -1.26. The largest absolute Gasteiger partial charge is 0.505 e. The Morgan fingerprint density at radius 1 is 1.22 bits per heavy atom. The molecule has 0 aliphatic rings. The van der Waals surface area contributed by atoms with Crippen LogP contribution in [0.3, 0.4) is 0 Å². The summed E-state index contributed by atoms with van der Waals surface area (Å²) in [6, 6.07) is 8.39. The molecular formula is C11H9MoN2O3S-. The number of rotatable bonds is 2. The third-order valence-electron chi connectivity index (χ3n) is 2.34. The van der Waals surface area contributed by atoms with Gasteiger partial charge in [-0.05, 0) is 21.0 Å². The van der Waals surface area contributed by atoms with Gasteiger partial charge in [0.15, 0.2) is 0 Å². The molecule has 0 bridgehead atoms. The van der Waals surface area contributed by atoms with Gasteiger partial charge in [-0.3, -0.25) is 0 Å². The second-order valence-corrected chi connectivity index (χ2v) is 4.24. The van der Waals surface area contributed by atoms with Gasteiger partial charge in [-0.25, -0.2) is 0 Å². The van der Waals surface area contributed by atoms with Crippen molar-refractivity contribution in [1.82, 2.24) is 0 Å². The van der Waals surface area contributed by atoms with Crippen molar-refractivity contribution in [2.75, 3.05) is 7.05 Å². The minimum absolute atomic E-state index is 0. The fraction of sp³-hybridized carbons (Fsp3) is 0.0909. The zero-order valence-electron chi connectivity index (χ0n) is 9.36. The summed E-state index contributed by atoms with van der Waals surface area (Å²) in [5.74, 6) is -0.173. The molecule has 2 aromatic carbocycles. The smallest absolute Gasteiger partial charge is 0.149 e. The Balaban J connectivity index is 0.00000162. The van der Waals surface area contributed by atoms with Crippen molar-refractivity contribution in [2.24, 2.45) is 10.2 Å². The van der Waals surface area contributed by atoms with Gasteiger partial charge in [0.1, 0.15) is 11.4 Å². The number of phenols is 1. The van der Waals surface area contributed by atoms with Crippen LogP contribution in [0.5, 0.6) is 5.75 Å². The van der Waals surface area contributed by atoms with Crippen LogP contribution in [0.15, 0.2) is 45.5 Å². The molecule has 18 heavy (non-hydrogen) atoms. The summed E-state index contributed by atoms with van der Waals surface area (Å²) in [4.78, 5) is -0.0631.